The molecule has 2 rings (SSSR count). The van der Waals surface area contributed by atoms with Crippen molar-refractivity contribution in [1.29, 1.82) is 0 Å². The molecule has 3 nitrogen and oxygen atoms in total. The molecule has 15 heavy (non-hydrogen) atoms. The van der Waals surface area contributed by atoms with Gasteiger partial charge >= 0.3 is 0 Å². The largest absolute Gasteiger partial charge is 0.378 e. The van der Waals surface area contributed by atoms with E-state index in [0.29, 0.717) is 6.10 Å². The van der Waals surface area contributed by atoms with Gasteiger partial charge in [-0.25, -0.2) is 0 Å². The van der Waals surface area contributed by atoms with Crippen LogP contribution in [0.15, 0.2) is 0 Å². The molecule has 1 aliphatic heterocycles. The van der Waals surface area contributed by atoms with Gasteiger partial charge in [-0.2, -0.15) is 0 Å². The molecule has 0 bridgehead atoms. The maximum atomic E-state index is 5.54. The third-order valence-corrected chi connectivity index (χ3v) is 3.59. The molecule has 3 heteroatoms. The first-order chi connectivity index (χ1) is 7.38. The molecule has 1 aliphatic carbocycles. The Morgan fingerprint density at radius 2 is 2.27 bits per heavy atom. The van der Waals surface area contributed by atoms with Crippen LogP contribution in [-0.4, -0.2) is 37.9 Å². The van der Waals surface area contributed by atoms with Gasteiger partial charge in [-0.1, -0.05) is 0 Å². The van der Waals surface area contributed by atoms with E-state index in [2.05, 4.69) is 17.6 Å². The summed E-state index contributed by atoms with van der Waals surface area (Å²) in [5.74, 6) is 0. The third kappa shape index (κ3) is 3.44. The van der Waals surface area contributed by atoms with Crippen LogP contribution in [0.5, 0.6) is 0 Å². The summed E-state index contributed by atoms with van der Waals surface area (Å²) in [6.45, 7) is 5.33. The zero-order valence-corrected chi connectivity index (χ0v) is 9.80. The van der Waals surface area contributed by atoms with Gasteiger partial charge in [-0.05, 0) is 52.1 Å². The molecule has 0 aromatic heterocycles. The van der Waals surface area contributed by atoms with Crippen molar-refractivity contribution >= 4 is 0 Å². The van der Waals surface area contributed by atoms with E-state index in [-0.39, 0.29) is 0 Å². The summed E-state index contributed by atoms with van der Waals surface area (Å²) in [5, 5.41) is 7.15. The Hall–Kier alpha value is -0.120. The second-order valence-electron chi connectivity index (χ2n) is 4.78. The van der Waals surface area contributed by atoms with Crippen molar-refractivity contribution in [2.75, 3.05) is 19.7 Å². The zero-order valence-electron chi connectivity index (χ0n) is 9.80. The molecular weight excluding hydrogens is 188 g/mol. The van der Waals surface area contributed by atoms with Crippen LogP contribution in [-0.2, 0) is 4.74 Å². The van der Waals surface area contributed by atoms with E-state index < -0.39 is 0 Å². The summed E-state index contributed by atoms with van der Waals surface area (Å²) in [6.07, 6.45) is 6.99. The predicted octanol–water partition coefficient (Wildman–Crippen LogP) is 1.29. The molecule has 0 aromatic carbocycles. The highest BCUT2D eigenvalue weighted by molar-refractivity contribution is 4.86. The lowest BCUT2D eigenvalue weighted by molar-refractivity contribution is -0.00983. The Balaban J connectivity index is 1.45. The minimum absolute atomic E-state index is 0.539. The Morgan fingerprint density at radius 1 is 1.40 bits per heavy atom. The van der Waals surface area contributed by atoms with Gasteiger partial charge in [0.2, 0.25) is 0 Å². The first-order valence-corrected chi connectivity index (χ1v) is 6.47. The summed E-state index contributed by atoms with van der Waals surface area (Å²) in [5.41, 5.74) is 0. The minimum atomic E-state index is 0.539. The molecule has 88 valence electrons. The summed E-state index contributed by atoms with van der Waals surface area (Å²) in [7, 11) is 0. The maximum Gasteiger partial charge on any atom is 0.0604 e. The molecule has 1 saturated carbocycles. The second kappa shape index (κ2) is 5.83. The normalized spacial score (nSPS) is 35.4. The van der Waals surface area contributed by atoms with Crippen molar-refractivity contribution in [2.24, 2.45) is 0 Å². The number of rotatable bonds is 6. The smallest absolute Gasteiger partial charge is 0.0604 e. The van der Waals surface area contributed by atoms with Gasteiger partial charge in [-0.3, -0.25) is 0 Å². The van der Waals surface area contributed by atoms with Crippen molar-refractivity contribution in [2.45, 2.75) is 57.2 Å². The van der Waals surface area contributed by atoms with Gasteiger partial charge in [0.25, 0.3) is 0 Å². The monoisotopic (exact) mass is 212 g/mol. The first kappa shape index (κ1) is 11.4. The zero-order chi connectivity index (χ0) is 10.5. The second-order valence-corrected chi connectivity index (χ2v) is 4.78. The molecule has 1 unspecified atom stereocenters. The molecule has 1 atom stereocenters. The Morgan fingerprint density at radius 3 is 2.93 bits per heavy atom. The van der Waals surface area contributed by atoms with Gasteiger partial charge in [0, 0.05) is 18.7 Å². The minimum Gasteiger partial charge on any atom is -0.378 e. The Bertz CT molecular complexity index is 174. The standard InChI is InChI=1S/C12H24N2O/c1-2-15-12-8-11(9-12)14-7-5-10-4-3-6-13-10/h10-14H,2-9H2,1H3. The fourth-order valence-electron chi connectivity index (χ4n) is 2.57. The summed E-state index contributed by atoms with van der Waals surface area (Å²) >= 11 is 0. The summed E-state index contributed by atoms with van der Waals surface area (Å²) in [4.78, 5) is 0. The predicted molar refractivity (Wildman–Crippen MR) is 62.1 cm³/mol. The molecule has 0 amide bonds. The van der Waals surface area contributed by atoms with Crippen LogP contribution in [0.25, 0.3) is 0 Å². The van der Waals surface area contributed by atoms with E-state index >= 15 is 0 Å². The van der Waals surface area contributed by atoms with Crippen LogP contribution >= 0.6 is 0 Å². The van der Waals surface area contributed by atoms with E-state index in [9.17, 15) is 0 Å². The fourth-order valence-corrected chi connectivity index (χ4v) is 2.57. The van der Waals surface area contributed by atoms with Gasteiger partial charge in [0.15, 0.2) is 0 Å². The number of nitrogens with one attached hydrogen (secondary N) is 2. The van der Waals surface area contributed by atoms with Crippen LogP contribution in [0, 0.1) is 0 Å². The number of hydrogen-bond donors (Lipinski definition) is 2. The van der Waals surface area contributed by atoms with Crippen LogP contribution in [0.3, 0.4) is 0 Å². The quantitative estimate of drug-likeness (QED) is 0.696. The van der Waals surface area contributed by atoms with Gasteiger partial charge in [-0.15, -0.1) is 0 Å². The van der Waals surface area contributed by atoms with Crippen LogP contribution < -0.4 is 10.6 Å². The van der Waals surface area contributed by atoms with Crippen molar-refractivity contribution in [3.8, 4) is 0 Å². The third-order valence-electron chi connectivity index (χ3n) is 3.59. The average Bonchev–Trinajstić information content (AvgIpc) is 2.66. The molecular formula is C12H24N2O. The van der Waals surface area contributed by atoms with Crippen LogP contribution in [0.2, 0.25) is 0 Å². The number of ether oxygens (including phenoxy) is 1. The molecule has 1 heterocycles. The Kier molecular flexibility index (Phi) is 4.42. The van der Waals surface area contributed by atoms with Gasteiger partial charge in [0.05, 0.1) is 6.10 Å². The van der Waals surface area contributed by atoms with Crippen molar-refractivity contribution in [3.63, 3.8) is 0 Å². The summed E-state index contributed by atoms with van der Waals surface area (Å²) in [6, 6.07) is 1.50. The van der Waals surface area contributed by atoms with E-state index in [1.165, 1.54) is 45.2 Å². The lowest BCUT2D eigenvalue weighted by Crippen LogP contribution is -2.46. The van der Waals surface area contributed by atoms with Gasteiger partial charge in [0.1, 0.15) is 0 Å². The maximum absolute atomic E-state index is 5.54. The molecule has 2 aliphatic rings. The van der Waals surface area contributed by atoms with E-state index in [1.54, 1.807) is 0 Å². The number of hydrogen-bond acceptors (Lipinski definition) is 3. The fraction of sp³-hybridized carbons (Fsp3) is 1.00. The van der Waals surface area contributed by atoms with Crippen molar-refractivity contribution in [3.05, 3.63) is 0 Å². The van der Waals surface area contributed by atoms with Crippen LogP contribution in [0.4, 0.5) is 0 Å². The molecule has 0 spiro atoms. The Labute approximate surface area is 93.0 Å². The summed E-state index contributed by atoms with van der Waals surface area (Å²) < 4.78 is 5.54. The van der Waals surface area contributed by atoms with Crippen molar-refractivity contribution < 1.29 is 4.74 Å². The van der Waals surface area contributed by atoms with E-state index in [4.69, 9.17) is 4.74 Å². The molecule has 0 radical (unpaired) electrons. The van der Waals surface area contributed by atoms with E-state index in [0.717, 1.165) is 18.7 Å². The molecule has 2 N–H and O–H groups in total. The highest BCUT2D eigenvalue weighted by atomic mass is 16.5. The molecule has 1 saturated heterocycles. The van der Waals surface area contributed by atoms with E-state index in [1.807, 2.05) is 0 Å². The molecule has 0 aromatic rings. The van der Waals surface area contributed by atoms with Gasteiger partial charge < -0.3 is 15.4 Å². The lowest BCUT2D eigenvalue weighted by atomic mass is 9.89. The highest BCUT2D eigenvalue weighted by Gasteiger charge is 2.28. The highest BCUT2D eigenvalue weighted by Crippen LogP contribution is 2.23. The lowest BCUT2D eigenvalue weighted by Gasteiger charge is -2.35. The average molecular weight is 212 g/mol. The topological polar surface area (TPSA) is 33.3 Å². The molecule has 2 fully saturated rings. The first-order valence-electron chi connectivity index (χ1n) is 6.47. The SMILES string of the molecule is CCOC1CC(NCCC2CCCN2)C1. The van der Waals surface area contributed by atoms with Crippen LogP contribution in [0.1, 0.15) is 39.0 Å². The van der Waals surface area contributed by atoms with Crippen molar-refractivity contribution in [1.82, 2.24) is 10.6 Å².